The Labute approximate surface area is 200 Å². The number of nitrogens with zero attached hydrogens (tertiary/aromatic N) is 3. The number of anilines is 2. The van der Waals surface area contributed by atoms with Crippen molar-refractivity contribution in [3.05, 3.63) is 52.5 Å². The van der Waals surface area contributed by atoms with Crippen molar-refractivity contribution >= 4 is 34.5 Å². The maximum Gasteiger partial charge on any atom is 0.275 e. The minimum atomic E-state index is -0.154. The van der Waals surface area contributed by atoms with Gasteiger partial charge >= 0.3 is 0 Å². The SMILES string of the molecule is C/C=C/CCC(=O)N1CCC(c2nc(C(=O)Nc3ccccc3N3CCCCC3)cs2)CC1. The molecule has 0 aliphatic carbocycles. The number of nitrogens with one attached hydrogen (secondary N) is 1. The molecule has 176 valence electrons. The number of piperidine rings is 2. The quantitative estimate of drug-likeness (QED) is 0.551. The average molecular weight is 467 g/mol. The van der Waals surface area contributed by atoms with Crippen molar-refractivity contribution in [1.29, 1.82) is 0 Å². The lowest BCUT2D eigenvalue weighted by Gasteiger charge is -2.31. The van der Waals surface area contributed by atoms with E-state index in [9.17, 15) is 9.59 Å². The minimum absolute atomic E-state index is 0.154. The molecule has 0 bridgehead atoms. The normalized spacial score (nSPS) is 17.5. The van der Waals surface area contributed by atoms with E-state index in [1.807, 2.05) is 47.6 Å². The van der Waals surface area contributed by atoms with Crippen molar-refractivity contribution in [2.24, 2.45) is 0 Å². The molecule has 6 nitrogen and oxygen atoms in total. The number of aromatic nitrogens is 1. The smallest absolute Gasteiger partial charge is 0.275 e. The molecule has 1 aromatic carbocycles. The Morgan fingerprint density at radius 3 is 2.64 bits per heavy atom. The Morgan fingerprint density at radius 2 is 1.88 bits per heavy atom. The molecule has 0 radical (unpaired) electrons. The highest BCUT2D eigenvalue weighted by molar-refractivity contribution is 7.10. The van der Waals surface area contributed by atoms with Crippen LogP contribution in [0.3, 0.4) is 0 Å². The van der Waals surface area contributed by atoms with Gasteiger partial charge in [0.1, 0.15) is 5.69 Å². The Balaban J connectivity index is 1.34. The summed E-state index contributed by atoms with van der Waals surface area (Å²) in [6, 6.07) is 8.04. The third kappa shape index (κ3) is 6.02. The largest absolute Gasteiger partial charge is 0.370 e. The van der Waals surface area contributed by atoms with Crippen LogP contribution in [-0.4, -0.2) is 47.9 Å². The highest BCUT2D eigenvalue weighted by Gasteiger charge is 2.26. The summed E-state index contributed by atoms with van der Waals surface area (Å²) in [4.78, 5) is 34.3. The molecule has 0 atom stereocenters. The summed E-state index contributed by atoms with van der Waals surface area (Å²) in [5.74, 6) is 0.397. The van der Waals surface area contributed by atoms with E-state index in [4.69, 9.17) is 0 Å². The highest BCUT2D eigenvalue weighted by Crippen LogP contribution is 2.32. The van der Waals surface area contributed by atoms with E-state index >= 15 is 0 Å². The predicted octanol–water partition coefficient (Wildman–Crippen LogP) is 5.45. The van der Waals surface area contributed by atoms with Crippen LogP contribution in [0.15, 0.2) is 41.8 Å². The highest BCUT2D eigenvalue weighted by atomic mass is 32.1. The van der Waals surface area contributed by atoms with E-state index in [-0.39, 0.29) is 11.8 Å². The lowest BCUT2D eigenvalue weighted by Crippen LogP contribution is -2.37. The number of likely N-dealkylation sites (tertiary alicyclic amines) is 1. The van der Waals surface area contributed by atoms with E-state index in [1.54, 1.807) is 11.3 Å². The molecule has 7 heteroatoms. The molecule has 1 N–H and O–H groups in total. The molecule has 3 heterocycles. The minimum Gasteiger partial charge on any atom is -0.370 e. The van der Waals surface area contributed by atoms with Gasteiger partial charge in [0.2, 0.25) is 5.91 Å². The number of amides is 2. The first-order chi connectivity index (χ1) is 16.2. The number of hydrogen-bond donors (Lipinski definition) is 1. The number of carbonyl (C=O) groups excluding carboxylic acids is 2. The lowest BCUT2D eigenvalue weighted by molar-refractivity contribution is -0.132. The van der Waals surface area contributed by atoms with Crippen LogP contribution in [0.1, 0.15) is 73.3 Å². The van der Waals surface area contributed by atoms with Crippen molar-refractivity contribution in [3.63, 3.8) is 0 Å². The lowest BCUT2D eigenvalue weighted by atomic mass is 9.97. The van der Waals surface area contributed by atoms with Gasteiger partial charge in [-0.05, 0) is 57.6 Å². The van der Waals surface area contributed by atoms with Crippen LogP contribution in [0.25, 0.3) is 0 Å². The van der Waals surface area contributed by atoms with Gasteiger partial charge in [0.05, 0.1) is 16.4 Å². The fraction of sp³-hybridized carbons (Fsp3) is 0.500. The van der Waals surface area contributed by atoms with Gasteiger partial charge in [-0.3, -0.25) is 9.59 Å². The van der Waals surface area contributed by atoms with Crippen LogP contribution < -0.4 is 10.2 Å². The second-order valence-corrected chi connectivity index (χ2v) is 9.74. The van der Waals surface area contributed by atoms with Gasteiger partial charge in [-0.1, -0.05) is 24.3 Å². The first-order valence-electron chi connectivity index (χ1n) is 12.2. The second-order valence-electron chi connectivity index (χ2n) is 8.85. The summed E-state index contributed by atoms with van der Waals surface area (Å²) in [5, 5.41) is 5.96. The molecule has 1 aromatic heterocycles. The Bertz CT molecular complexity index is 972. The number of thiazole rings is 1. The zero-order valence-electron chi connectivity index (χ0n) is 19.5. The molecule has 2 fully saturated rings. The molecule has 0 saturated carbocycles. The second kappa shape index (κ2) is 11.5. The van der Waals surface area contributed by atoms with E-state index in [0.717, 1.165) is 61.8 Å². The van der Waals surface area contributed by atoms with Gasteiger partial charge in [-0.25, -0.2) is 4.98 Å². The van der Waals surface area contributed by atoms with Crippen LogP contribution in [0.4, 0.5) is 11.4 Å². The molecule has 2 aromatic rings. The van der Waals surface area contributed by atoms with Gasteiger partial charge in [0, 0.05) is 43.9 Å². The Hall–Kier alpha value is -2.67. The van der Waals surface area contributed by atoms with Crippen molar-refractivity contribution in [3.8, 4) is 0 Å². The van der Waals surface area contributed by atoms with E-state index in [2.05, 4.69) is 21.3 Å². The topological polar surface area (TPSA) is 65.5 Å². The maximum absolute atomic E-state index is 13.0. The number of allylic oxidation sites excluding steroid dienone is 2. The van der Waals surface area contributed by atoms with Gasteiger partial charge in [0.25, 0.3) is 5.91 Å². The van der Waals surface area contributed by atoms with Gasteiger partial charge < -0.3 is 15.1 Å². The molecule has 2 saturated heterocycles. The van der Waals surface area contributed by atoms with Crippen molar-refractivity contribution in [1.82, 2.24) is 9.88 Å². The van der Waals surface area contributed by atoms with E-state index < -0.39 is 0 Å². The number of para-hydroxylation sites is 2. The standard InChI is InChI=1S/C26H34N4O2S/c1-2-3-5-12-24(31)30-17-13-20(14-18-30)26-28-22(19-33-26)25(32)27-21-10-6-7-11-23(21)29-15-8-4-9-16-29/h2-3,6-7,10-11,19-20H,4-5,8-9,12-18H2,1H3,(H,27,32)/b3-2+. The van der Waals surface area contributed by atoms with E-state index in [0.29, 0.717) is 18.0 Å². The summed E-state index contributed by atoms with van der Waals surface area (Å²) in [6.45, 7) is 5.58. The summed E-state index contributed by atoms with van der Waals surface area (Å²) in [7, 11) is 0. The van der Waals surface area contributed by atoms with E-state index in [1.165, 1.54) is 19.3 Å². The third-order valence-electron chi connectivity index (χ3n) is 6.56. The molecule has 2 amide bonds. The summed E-state index contributed by atoms with van der Waals surface area (Å²) in [5.41, 5.74) is 2.42. The molecular weight excluding hydrogens is 432 g/mol. The summed E-state index contributed by atoms with van der Waals surface area (Å²) < 4.78 is 0. The average Bonchev–Trinajstić information content (AvgIpc) is 3.36. The molecule has 4 rings (SSSR count). The molecular formula is C26H34N4O2S. The van der Waals surface area contributed by atoms with Gasteiger partial charge in [-0.15, -0.1) is 11.3 Å². The monoisotopic (exact) mass is 466 g/mol. The van der Waals surface area contributed by atoms with Crippen LogP contribution in [-0.2, 0) is 4.79 Å². The maximum atomic E-state index is 13.0. The number of rotatable bonds is 7. The zero-order valence-corrected chi connectivity index (χ0v) is 20.3. The predicted molar refractivity (Wildman–Crippen MR) is 135 cm³/mol. The zero-order chi connectivity index (χ0) is 23.0. The van der Waals surface area contributed by atoms with Crippen molar-refractivity contribution in [2.45, 2.75) is 57.8 Å². The van der Waals surface area contributed by atoms with Crippen LogP contribution in [0.5, 0.6) is 0 Å². The first kappa shape index (κ1) is 23.5. The van der Waals surface area contributed by atoms with Crippen LogP contribution in [0, 0.1) is 0 Å². The van der Waals surface area contributed by atoms with Crippen LogP contribution in [0.2, 0.25) is 0 Å². The fourth-order valence-electron chi connectivity index (χ4n) is 4.66. The molecule has 2 aliphatic rings. The first-order valence-corrected chi connectivity index (χ1v) is 13.0. The molecule has 0 unspecified atom stereocenters. The number of benzene rings is 1. The van der Waals surface area contributed by atoms with Crippen LogP contribution >= 0.6 is 11.3 Å². The molecule has 33 heavy (non-hydrogen) atoms. The Morgan fingerprint density at radius 1 is 1.12 bits per heavy atom. The van der Waals surface area contributed by atoms with Crippen molar-refractivity contribution in [2.75, 3.05) is 36.4 Å². The third-order valence-corrected chi connectivity index (χ3v) is 7.57. The Kier molecular flexibility index (Phi) is 8.15. The fourth-order valence-corrected chi connectivity index (χ4v) is 5.63. The van der Waals surface area contributed by atoms with Gasteiger partial charge in [0.15, 0.2) is 0 Å². The number of hydrogen-bond acceptors (Lipinski definition) is 5. The molecule has 0 spiro atoms. The number of carbonyl (C=O) groups is 2. The van der Waals surface area contributed by atoms with Gasteiger partial charge in [-0.2, -0.15) is 0 Å². The van der Waals surface area contributed by atoms with Crippen molar-refractivity contribution < 1.29 is 9.59 Å². The molecule has 2 aliphatic heterocycles. The summed E-state index contributed by atoms with van der Waals surface area (Å²) >= 11 is 1.56. The summed E-state index contributed by atoms with van der Waals surface area (Å²) in [6.07, 6.45) is 10.9.